The van der Waals surface area contributed by atoms with Gasteiger partial charge in [0, 0.05) is 0 Å². The highest BCUT2D eigenvalue weighted by atomic mass is 32.1. The number of aryl methyl sites for hydroxylation is 1. The second-order valence-electron chi connectivity index (χ2n) is 4.56. The maximum absolute atomic E-state index is 11.9. The highest BCUT2D eigenvalue weighted by molar-refractivity contribution is 7.71. The number of hydrogen-bond acceptors (Lipinski definition) is 6. The molecule has 1 aromatic carbocycles. The van der Waals surface area contributed by atoms with E-state index in [1.165, 1.54) is 10.8 Å². The van der Waals surface area contributed by atoms with E-state index in [1.807, 2.05) is 19.1 Å². The third-order valence-electron chi connectivity index (χ3n) is 2.92. The van der Waals surface area contributed by atoms with Gasteiger partial charge in [-0.25, -0.2) is 0 Å². The highest BCUT2D eigenvalue weighted by Crippen LogP contribution is 2.18. The molecule has 0 unspecified atom stereocenters. The lowest BCUT2D eigenvalue weighted by Crippen LogP contribution is -2.19. The average Bonchev–Trinajstić information content (AvgIpc) is 2.48. The summed E-state index contributed by atoms with van der Waals surface area (Å²) in [5.74, 6) is -0.299. The smallest absolute Gasteiger partial charge is 0.264 e. The van der Waals surface area contributed by atoms with Gasteiger partial charge in [-0.3, -0.25) is 14.3 Å². The summed E-state index contributed by atoms with van der Waals surface area (Å²) in [7, 11) is 0. The molecule has 0 amide bonds. The zero-order valence-corrected chi connectivity index (χ0v) is 12.7. The van der Waals surface area contributed by atoms with Crippen LogP contribution < -0.4 is 11.0 Å². The Labute approximate surface area is 131 Å². The molecule has 0 saturated heterocycles. The Balaban J connectivity index is 2.51. The number of aromatic nitrogens is 2. The number of nitrogens with one attached hydrogen (secondary N) is 2. The van der Waals surface area contributed by atoms with Crippen molar-refractivity contribution in [2.24, 2.45) is 5.10 Å². The van der Waals surface area contributed by atoms with Crippen molar-refractivity contribution in [3.8, 4) is 11.6 Å². The minimum atomic E-state index is -0.541. The first-order chi connectivity index (χ1) is 10.5. The molecule has 0 atom stereocenters. The number of hydrazone groups is 1. The lowest BCUT2D eigenvalue weighted by molar-refractivity contribution is 0.294. The molecule has 0 aliphatic carbocycles. The van der Waals surface area contributed by atoms with Gasteiger partial charge < -0.3 is 15.6 Å². The van der Waals surface area contributed by atoms with Gasteiger partial charge in [-0.05, 0) is 31.3 Å². The molecule has 2 aromatic rings. The molecule has 0 aliphatic rings. The summed E-state index contributed by atoms with van der Waals surface area (Å²) in [5.41, 5.74) is 3.66. The van der Waals surface area contributed by atoms with E-state index in [0.717, 1.165) is 5.56 Å². The average molecular weight is 320 g/mol. The zero-order valence-electron chi connectivity index (χ0n) is 11.9. The third-order valence-corrected chi connectivity index (χ3v) is 3.21. The summed E-state index contributed by atoms with van der Waals surface area (Å²) in [6, 6.07) is 7.32. The quantitative estimate of drug-likeness (QED) is 0.283. The zero-order chi connectivity index (χ0) is 16.1. The van der Waals surface area contributed by atoms with Crippen LogP contribution in [-0.4, -0.2) is 39.1 Å². The molecule has 4 N–H and O–H groups in total. The second kappa shape index (κ2) is 7.01. The van der Waals surface area contributed by atoms with Crippen molar-refractivity contribution in [3.05, 3.63) is 50.5 Å². The van der Waals surface area contributed by atoms with Crippen LogP contribution in [0.1, 0.15) is 11.1 Å². The Morgan fingerprint density at radius 3 is 2.73 bits per heavy atom. The molecular weight excluding hydrogens is 304 g/mol. The molecular formula is C14H16N4O3S. The molecule has 0 saturated carbocycles. The van der Waals surface area contributed by atoms with Gasteiger partial charge in [-0.15, -0.1) is 0 Å². The predicted octanol–water partition coefficient (Wildman–Crippen LogP) is 0.825. The number of aliphatic hydroxyl groups excluding tert-OH is 1. The van der Waals surface area contributed by atoms with Crippen molar-refractivity contribution in [3.63, 3.8) is 0 Å². The van der Waals surface area contributed by atoms with Crippen LogP contribution in [0.15, 0.2) is 34.2 Å². The van der Waals surface area contributed by atoms with Crippen molar-refractivity contribution in [2.75, 3.05) is 13.2 Å². The molecule has 2 rings (SSSR count). The minimum Gasteiger partial charge on any atom is -0.494 e. The van der Waals surface area contributed by atoms with Gasteiger partial charge in [0.05, 0.1) is 25.1 Å². The van der Waals surface area contributed by atoms with Crippen molar-refractivity contribution in [1.29, 1.82) is 0 Å². The van der Waals surface area contributed by atoms with Crippen LogP contribution in [0.2, 0.25) is 0 Å². The number of rotatable bonds is 5. The molecule has 1 heterocycles. The molecule has 0 fully saturated rings. The molecule has 0 aliphatic heterocycles. The molecule has 1 aromatic heterocycles. The number of aromatic amines is 1. The van der Waals surface area contributed by atoms with Gasteiger partial charge in [-0.2, -0.15) is 5.10 Å². The molecule has 0 spiro atoms. The van der Waals surface area contributed by atoms with Gasteiger partial charge in [0.1, 0.15) is 5.56 Å². The van der Waals surface area contributed by atoms with Crippen molar-refractivity contribution in [1.82, 2.24) is 15.0 Å². The number of aromatic hydroxyl groups is 1. The maximum Gasteiger partial charge on any atom is 0.264 e. The lowest BCUT2D eigenvalue weighted by atomic mass is 10.2. The Bertz CT molecular complexity index is 793. The van der Waals surface area contributed by atoms with E-state index in [4.69, 9.17) is 17.3 Å². The first-order valence-corrected chi connectivity index (χ1v) is 6.97. The summed E-state index contributed by atoms with van der Waals surface area (Å²) >= 11 is 5.11. The summed E-state index contributed by atoms with van der Waals surface area (Å²) in [6.45, 7) is 2.10. The summed E-state index contributed by atoms with van der Waals surface area (Å²) in [5, 5.41) is 22.8. The fraction of sp³-hybridized carbons (Fsp3) is 0.214. The molecule has 7 nitrogen and oxygen atoms in total. The number of nitrogens with zero attached hydrogens (tertiary/aromatic N) is 2. The van der Waals surface area contributed by atoms with Crippen LogP contribution in [0.4, 0.5) is 0 Å². The Hall–Kier alpha value is -2.45. The van der Waals surface area contributed by atoms with E-state index in [9.17, 15) is 9.90 Å². The first-order valence-electron chi connectivity index (χ1n) is 6.56. The van der Waals surface area contributed by atoms with Crippen molar-refractivity contribution < 1.29 is 10.2 Å². The van der Waals surface area contributed by atoms with E-state index in [1.54, 1.807) is 12.1 Å². The number of hydrogen-bond donors (Lipinski definition) is 4. The minimum absolute atomic E-state index is 0.0281. The number of H-pyrrole nitrogens is 1. The molecule has 0 radical (unpaired) electrons. The van der Waals surface area contributed by atoms with Crippen molar-refractivity contribution in [2.45, 2.75) is 6.92 Å². The van der Waals surface area contributed by atoms with E-state index < -0.39 is 5.56 Å². The Morgan fingerprint density at radius 2 is 2.09 bits per heavy atom. The van der Waals surface area contributed by atoms with Gasteiger partial charge in [-0.1, -0.05) is 17.7 Å². The van der Waals surface area contributed by atoms with Gasteiger partial charge in [0.25, 0.3) is 5.56 Å². The van der Waals surface area contributed by atoms with E-state index in [-0.39, 0.29) is 29.4 Å². The Morgan fingerprint density at radius 1 is 1.41 bits per heavy atom. The maximum atomic E-state index is 11.9. The fourth-order valence-corrected chi connectivity index (χ4v) is 2.10. The van der Waals surface area contributed by atoms with Gasteiger partial charge >= 0.3 is 0 Å². The lowest BCUT2D eigenvalue weighted by Gasteiger charge is -2.11. The van der Waals surface area contributed by atoms with Crippen molar-refractivity contribution >= 4 is 18.4 Å². The summed E-state index contributed by atoms with van der Waals surface area (Å²) in [4.78, 5) is 14.4. The predicted molar refractivity (Wildman–Crippen MR) is 86.3 cm³/mol. The van der Waals surface area contributed by atoms with Gasteiger partial charge in [0.15, 0.2) is 4.77 Å². The number of aliphatic hydroxyl groups is 1. The summed E-state index contributed by atoms with van der Waals surface area (Å²) in [6.07, 6.45) is 1.18. The second-order valence-corrected chi connectivity index (χ2v) is 4.94. The molecule has 116 valence electrons. The SMILES string of the molecule is Cc1ccc(-n2c(O)c(C=NNCCO)c(=O)[nH]c2=S)cc1. The van der Waals surface area contributed by atoms with Gasteiger partial charge in [0.2, 0.25) is 5.88 Å². The number of benzene rings is 1. The van der Waals surface area contributed by atoms with E-state index in [2.05, 4.69) is 15.5 Å². The topological polar surface area (TPSA) is 103 Å². The summed E-state index contributed by atoms with van der Waals surface area (Å²) < 4.78 is 1.44. The molecule has 0 bridgehead atoms. The van der Waals surface area contributed by atoms with Crippen LogP contribution >= 0.6 is 12.2 Å². The third kappa shape index (κ3) is 3.41. The molecule has 22 heavy (non-hydrogen) atoms. The largest absolute Gasteiger partial charge is 0.494 e. The van der Waals surface area contributed by atoms with Crippen LogP contribution in [0.5, 0.6) is 5.88 Å². The van der Waals surface area contributed by atoms with Crippen LogP contribution in [-0.2, 0) is 0 Å². The van der Waals surface area contributed by atoms with E-state index >= 15 is 0 Å². The normalized spacial score (nSPS) is 11.0. The monoisotopic (exact) mass is 320 g/mol. The molecule has 8 heteroatoms. The standard InChI is InChI=1S/C14H16N4O3S/c1-9-2-4-10(5-3-9)18-13(21)11(8-16-15-6-7-19)12(20)17-14(18)22/h2-5,8,15,19,21H,6-7H2,1H3,(H,17,20,22). The Kier molecular flexibility index (Phi) is 5.08. The van der Waals surface area contributed by atoms with Crippen LogP contribution in [0.3, 0.4) is 0 Å². The van der Waals surface area contributed by atoms with Crippen LogP contribution in [0, 0.1) is 11.7 Å². The highest BCUT2D eigenvalue weighted by Gasteiger charge is 2.12. The van der Waals surface area contributed by atoms with E-state index in [0.29, 0.717) is 5.69 Å². The fourth-order valence-electron chi connectivity index (χ4n) is 1.81. The first kappa shape index (κ1) is 15.9. The van der Waals surface area contributed by atoms with Crippen LogP contribution in [0.25, 0.3) is 5.69 Å².